The molecule has 1 aromatic rings. The molecule has 0 aromatic heterocycles. The Balaban J connectivity index is 2.94. The van der Waals surface area contributed by atoms with Crippen molar-refractivity contribution >= 4 is 11.6 Å². The number of rotatable bonds is 3. The first kappa shape index (κ1) is 9.52. The van der Waals surface area contributed by atoms with E-state index in [1.807, 2.05) is 6.07 Å². The number of hydrogen-bond acceptors (Lipinski definition) is 2. The van der Waals surface area contributed by atoms with Crippen molar-refractivity contribution in [3.8, 4) is 0 Å². The topological polar surface area (TPSA) is 40.5 Å². The van der Waals surface area contributed by atoms with Crippen molar-refractivity contribution < 1.29 is 10.2 Å². The Morgan fingerprint density at radius 1 is 1.17 bits per heavy atom. The van der Waals surface area contributed by atoms with Crippen LogP contribution in [-0.4, -0.2) is 16.8 Å². The second-order valence-electron chi connectivity index (χ2n) is 2.54. The fourth-order valence-electron chi connectivity index (χ4n) is 1.11. The van der Waals surface area contributed by atoms with Gasteiger partial charge in [0.1, 0.15) is 0 Å². The van der Waals surface area contributed by atoms with Crippen LogP contribution in [0.5, 0.6) is 0 Å². The Morgan fingerprint density at radius 2 is 1.92 bits per heavy atom. The van der Waals surface area contributed by atoms with E-state index >= 15 is 0 Å². The third-order valence-corrected chi connectivity index (χ3v) is 1.95. The molecule has 0 aliphatic heterocycles. The molecule has 2 N–H and O–H groups in total. The molecule has 0 aliphatic carbocycles. The Morgan fingerprint density at radius 3 is 2.50 bits per heavy atom. The Bertz CT molecular complexity index is 261. The zero-order valence-corrected chi connectivity index (χ0v) is 7.38. The van der Waals surface area contributed by atoms with Crippen molar-refractivity contribution in [3.05, 3.63) is 34.3 Å². The summed E-state index contributed by atoms with van der Waals surface area (Å²) in [6.45, 7) is 0.0600. The quantitative estimate of drug-likeness (QED) is 0.749. The summed E-state index contributed by atoms with van der Waals surface area (Å²) in [7, 11) is 0. The van der Waals surface area contributed by atoms with Gasteiger partial charge in [0.15, 0.2) is 0 Å². The van der Waals surface area contributed by atoms with Crippen molar-refractivity contribution in [2.75, 3.05) is 6.61 Å². The van der Waals surface area contributed by atoms with Gasteiger partial charge in [0.2, 0.25) is 0 Å². The first-order valence-electron chi connectivity index (χ1n) is 3.77. The van der Waals surface area contributed by atoms with Crippen LogP contribution in [0, 0.1) is 0 Å². The molecule has 0 heterocycles. The summed E-state index contributed by atoms with van der Waals surface area (Å²) in [5.41, 5.74) is 1.74. The summed E-state index contributed by atoms with van der Waals surface area (Å²) >= 11 is 5.72. The van der Waals surface area contributed by atoms with Crippen LogP contribution in [0.3, 0.4) is 0 Å². The third-order valence-electron chi connectivity index (χ3n) is 1.72. The van der Waals surface area contributed by atoms with E-state index in [0.717, 1.165) is 11.1 Å². The highest BCUT2D eigenvalue weighted by Gasteiger charge is 2.00. The Hall–Kier alpha value is -0.570. The van der Waals surface area contributed by atoms with Gasteiger partial charge in [0.25, 0.3) is 0 Å². The second-order valence-corrected chi connectivity index (χ2v) is 2.98. The fraction of sp³-hybridized carbons (Fsp3) is 0.333. The predicted molar refractivity (Wildman–Crippen MR) is 48.2 cm³/mol. The lowest BCUT2D eigenvalue weighted by Crippen LogP contribution is -1.97. The lowest BCUT2D eigenvalue weighted by molar-refractivity contribution is 0.276. The van der Waals surface area contributed by atoms with Crippen molar-refractivity contribution in [2.24, 2.45) is 0 Å². The molecule has 0 bridgehead atoms. The molecule has 0 aliphatic rings. The molecule has 1 rings (SSSR count). The van der Waals surface area contributed by atoms with Crippen LogP contribution in [-0.2, 0) is 13.0 Å². The van der Waals surface area contributed by atoms with E-state index < -0.39 is 0 Å². The van der Waals surface area contributed by atoms with E-state index in [1.54, 1.807) is 12.1 Å². The van der Waals surface area contributed by atoms with Gasteiger partial charge in [-0.05, 0) is 29.7 Å². The molecule has 3 heteroatoms. The first-order chi connectivity index (χ1) is 5.77. The second kappa shape index (κ2) is 4.45. The summed E-state index contributed by atoms with van der Waals surface area (Å²) in [6.07, 6.45) is 0.563. The maximum atomic E-state index is 8.93. The Labute approximate surface area is 76.4 Å². The molecule has 0 amide bonds. The number of halogens is 1. The van der Waals surface area contributed by atoms with Crippen LogP contribution in [0.4, 0.5) is 0 Å². The highest BCUT2D eigenvalue weighted by molar-refractivity contribution is 6.30. The summed E-state index contributed by atoms with van der Waals surface area (Å²) < 4.78 is 0. The average Bonchev–Trinajstić information content (AvgIpc) is 2.08. The van der Waals surface area contributed by atoms with E-state index in [0.29, 0.717) is 11.4 Å². The molecule has 0 fully saturated rings. The summed E-state index contributed by atoms with van der Waals surface area (Å²) in [4.78, 5) is 0. The van der Waals surface area contributed by atoms with Crippen molar-refractivity contribution in [3.63, 3.8) is 0 Å². The molecular formula is C9H11ClO2. The highest BCUT2D eigenvalue weighted by atomic mass is 35.5. The molecule has 12 heavy (non-hydrogen) atoms. The van der Waals surface area contributed by atoms with Gasteiger partial charge >= 0.3 is 0 Å². The maximum Gasteiger partial charge on any atom is 0.0685 e. The number of hydrogen-bond donors (Lipinski definition) is 2. The van der Waals surface area contributed by atoms with Crippen molar-refractivity contribution in [1.82, 2.24) is 0 Å². The molecule has 2 nitrogen and oxygen atoms in total. The minimum Gasteiger partial charge on any atom is -0.396 e. The van der Waals surface area contributed by atoms with Gasteiger partial charge in [-0.15, -0.1) is 0 Å². The van der Waals surface area contributed by atoms with E-state index in [1.165, 1.54) is 0 Å². The molecule has 0 saturated heterocycles. The van der Waals surface area contributed by atoms with Gasteiger partial charge in [-0.25, -0.2) is 0 Å². The summed E-state index contributed by atoms with van der Waals surface area (Å²) in [5.74, 6) is 0. The highest BCUT2D eigenvalue weighted by Crippen LogP contribution is 2.16. The normalized spacial score (nSPS) is 10.2. The van der Waals surface area contributed by atoms with Gasteiger partial charge in [-0.3, -0.25) is 0 Å². The standard InChI is InChI=1S/C9H11ClO2/c10-9-2-1-7(3-4-11)8(5-9)6-12/h1-2,5,11-12H,3-4,6H2. The summed E-state index contributed by atoms with van der Waals surface area (Å²) in [5, 5.41) is 18.2. The first-order valence-corrected chi connectivity index (χ1v) is 4.14. The zero-order chi connectivity index (χ0) is 8.97. The van der Waals surface area contributed by atoms with E-state index in [2.05, 4.69) is 0 Å². The summed E-state index contributed by atoms with van der Waals surface area (Å²) in [6, 6.07) is 5.29. The van der Waals surface area contributed by atoms with Gasteiger partial charge in [-0.1, -0.05) is 17.7 Å². The SMILES string of the molecule is OCCc1ccc(Cl)cc1CO. The fourth-order valence-corrected chi connectivity index (χ4v) is 1.30. The largest absolute Gasteiger partial charge is 0.396 e. The van der Waals surface area contributed by atoms with Crippen LogP contribution in [0.2, 0.25) is 5.02 Å². The molecular weight excluding hydrogens is 176 g/mol. The van der Waals surface area contributed by atoms with E-state index in [-0.39, 0.29) is 13.2 Å². The molecule has 66 valence electrons. The van der Waals surface area contributed by atoms with Crippen LogP contribution in [0.1, 0.15) is 11.1 Å². The van der Waals surface area contributed by atoms with Crippen LogP contribution in [0.25, 0.3) is 0 Å². The van der Waals surface area contributed by atoms with E-state index in [9.17, 15) is 0 Å². The molecule has 0 saturated carbocycles. The number of aliphatic hydroxyl groups is 2. The molecule has 0 unspecified atom stereocenters. The van der Waals surface area contributed by atoms with Crippen molar-refractivity contribution in [2.45, 2.75) is 13.0 Å². The Kier molecular flexibility index (Phi) is 3.53. The van der Waals surface area contributed by atoms with E-state index in [4.69, 9.17) is 21.8 Å². The number of benzene rings is 1. The lowest BCUT2D eigenvalue weighted by Gasteiger charge is -2.05. The minimum atomic E-state index is -0.0319. The molecule has 0 spiro atoms. The van der Waals surface area contributed by atoms with Gasteiger partial charge < -0.3 is 10.2 Å². The zero-order valence-electron chi connectivity index (χ0n) is 6.63. The van der Waals surface area contributed by atoms with Crippen molar-refractivity contribution in [1.29, 1.82) is 0 Å². The molecule has 0 atom stereocenters. The van der Waals surface area contributed by atoms with Crippen LogP contribution >= 0.6 is 11.6 Å². The van der Waals surface area contributed by atoms with Gasteiger partial charge in [0.05, 0.1) is 6.61 Å². The molecule has 0 radical (unpaired) electrons. The minimum absolute atomic E-state index is 0.0319. The van der Waals surface area contributed by atoms with Gasteiger partial charge in [-0.2, -0.15) is 0 Å². The lowest BCUT2D eigenvalue weighted by atomic mass is 10.1. The van der Waals surface area contributed by atoms with Crippen LogP contribution in [0.15, 0.2) is 18.2 Å². The van der Waals surface area contributed by atoms with Gasteiger partial charge in [0, 0.05) is 11.6 Å². The number of aliphatic hydroxyl groups excluding tert-OH is 2. The third kappa shape index (κ3) is 2.21. The maximum absolute atomic E-state index is 8.93. The monoisotopic (exact) mass is 186 g/mol. The predicted octanol–water partition coefficient (Wildman–Crippen LogP) is 1.37. The smallest absolute Gasteiger partial charge is 0.0685 e. The average molecular weight is 187 g/mol. The molecule has 1 aromatic carbocycles. The van der Waals surface area contributed by atoms with Crippen LogP contribution < -0.4 is 0 Å².